The number of anilines is 6. The van der Waals surface area contributed by atoms with Crippen LogP contribution >= 0.6 is 0 Å². The molecule has 0 saturated heterocycles. The Morgan fingerprint density at radius 1 is 0.315 bits per heavy atom. The minimum absolute atomic E-state index is 0.0852. The van der Waals surface area contributed by atoms with Crippen LogP contribution in [-0.4, -0.2) is 13.4 Å². The van der Waals surface area contributed by atoms with Gasteiger partial charge >= 0.3 is 0 Å². The van der Waals surface area contributed by atoms with E-state index in [0.29, 0.717) is 0 Å². The summed E-state index contributed by atoms with van der Waals surface area (Å²) in [5.41, 5.74) is 21.2. The third-order valence-corrected chi connectivity index (χ3v) is 12.6. The molecule has 0 bridgehead atoms. The molecule has 0 fully saturated rings. The number of nitrogens with zero attached hydrogens (tertiary/aromatic N) is 2. The summed E-state index contributed by atoms with van der Waals surface area (Å²) in [5.74, 6) is 0. The maximum atomic E-state index is 2.54. The van der Waals surface area contributed by atoms with E-state index >= 15 is 0 Å². The van der Waals surface area contributed by atoms with Gasteiger partial charge in [0.15, 0.2) is 0 Å². The zero-order valence-corrected chi connectivity index (χ0v) is 29.4. The Morgan fingerprint density at radius 3 is 1.24 bits per heavy atom. The van der Waals surface area contributed by atoms with Crippen LogP contribution in [0.3, 0.4) is 0 Å². The summed E-state index contributed by atoms with van der Waals surface area (Å²) >= 11 is 0. The average molecular weight is 680 g/mol. The van der Waals surface area contributed by atoms with Crippen LogP contribution in [0.15, 0.2) is 182 Å². The van der Waals surface area contributed by atoms with E-state index in [4.69, 9.17) is 0 Å². The Morgan fingerprint density at radius 2 is 0.741 bits per heavy atom. The van der Waals surface area contributed by atoms with Gasteiger partial charge in [0.1, 0.15) is 0 Å². The van der Waals surface area contributed by atoms with Crippen molar-refractivity contribution in [2.45, 2.75) is 0 Å². The Kier molecular flexibility index (Phi) is 5.56. The lowest BCUT2D eigenvalue weighted by Crippen LogP contribution is -2.66. The van der Waals surface area contributed by atoms with Crippen LogP contribution in [0.5, 0.6) is 0 Å². The van der Waals surface area contributed by atoms with Crippen molar-refractivity contribution in [1.82, 2.24) is 0 Å². The fourth-order valence-electron chi connectivity index (χ4n) is 10.7. The monoisotopic (exact) mass is 680 g/mol. The summed E-state index contributed by atoms with van der Waals surface area (Å²) in [7, 11) is 0. The lowest BCUT2D eigenvalue weighted by molar-refractivity contribution is 1.26. The maximum Gasteiger partial charge on any atom is 0.248 e. The van der Waals surface area contributed by atoms with Crippen LogP contribution in [0.1, 0.15) is 0 Å². The summed E-state index contributed by atoms with van der Waals surface area (Å²) in [5, 5.41) is 5.47. The van der Waals surface area contributed by atoms with Crippen molar-refractivity contribution < 1.29 is 0 Å². The molecule has 0 aliphatic carbocycles. The first kappa shape index (κ1) is 28.8. The average Bonchev–Trinajstić information content (AvgIpc) is 3.24. The van der Waals surface area contributed by atoms with E-state index in [2.05, 4.69) is 192 Å². The second-order valence-corrected chi connectivity index (χ2v) is 15.1. The molecule has 0 saturated carbocycles. The van der Waals surface area contributed by atoms with E-state index in [1.54, 1.807) is 0 Å². The van der Waals surface area contributed by atoms with Gasteiger partial charge < -0.3 is 9.80 Å². The molecule has 0 atom stereocenters. The van der Waals surface area contributed by atoms with Gasteiger partial charge in [0.25, 0.3) is 0 Å². The molecule has 0 N–H and O–H groups in total. The van der Waals surface area contributed by atoms with E-state index in [1.807, 2.05) is 0 Å². The molecule has 4 aliphatic heterocycles. The third-order valence-electron chi connectivity index (χ3n) is 12.6. The molecule has 13 rings (SSSR count). The molecule has 4 heterocycles. The topological polar surface area (TPSA) is 6.48 Å². The van der Waals surface area contributed by atoms with Crippen molar-refractivity contribution in [3.63, 3.8) is 0 Å². The molecule has 0 amide bonds. The normalized spacial score (nSPS) is 13.8. The van der Waals surface area contributed by atoms with E-state index < -0.39 is 0 Å². The molecule has 9 aromatic carbocycles. The van der Waals surface area contributed by atoms with Crippen molar-refractivity contribution in [3.05, 3.63) is 182 Å². The highest BCUT2D eigenvalue weighted by atomic mass is 15.2. The second-order valence-electron chi connectivity index (χ2n) is 15.1. The van der Waals surface area contributed by atoms with Crippen LogP contribution in [0, 0.1) is 0 Å². The molecule has 54 heavy (non-hydrogen) atoms. The number of benzene rings is 9. The first-order chi connectivity index (χ1) is 26.9. The third kappa shape index (κ3) is 3.49. The quantitative estimate of drug-likeness (QED) is 0.136. The zero-order valence-electron chi connectivity index (χ0n) is 29.4. The molecule has 4 heteroatoms. The van der Waals surface area contributed by atoms with Crippen molar-refractivity contribution >= 4 is 102 Å². The van der Waals surface area contributed by atoms with E-state index in [9.17, 15) is 0 Å². The summed E-state index contributed by atoms with van der Waals surface area (Å²) < 4.78 is 0. The predicted molar refractivity (Wildman–Crippen MR) is 231 cm³/mol. The fourth-order valence-corrected chi connectivity index (χ4v) is 10.7. The number of fused-ring (bicyclic) bond motifs is 6. The summed E-state index contributed by atoms with van der Waals surface area (Å²) in [6.45, 7) is 0.170. The first-order valence-corrected chi connectivity index (χ1v) is 19.0. The first-order valence-electron chi connectivity index (χ1n) is 19.0. The molecule has 4 aliphatic rings. The van der Waals surface area contributed by atoms with Gasteiger partial charge in [-0.15, -0.1) is 0 Å². The van der Waals surface area contributed by atoms with Gasteiger partial charge in [-0.2, -0.15) is 0 Å². The van der Waals surface area contributed by atoms with E-state index in [-0.39, 0.29) is 13.4 Å². The Bertz CT molecular complexity index is 2890. The zero-order chi connectivity index (χ0) is 35.1. The van der Waals surface area contributed by atoms with Crippen molar-refractivity contribution in [3.8, 4) is 22.3 Å². The standard InChI is InChI=1S/C50H30B2N2/c1-4-16-31(17-5-1)44-34-22-14-26-38-45(34)47-46-35(44)23-15-27-39(46)52-37-25-11-13-29-41(37)54(33-20-8-3-9-21-33)43-30-42-49(48(47)50(43)52)51(38)36-24-10-12-28-40(36)53(42)32-18-6-2-7-19-32/h1-30H. The van der Waals surface area contributed by atoms with Gasteiger partial charge in [0, 0.05) is 34.1 Å². The van der Waals surface area contributed by atoms with Gasteiger partial charge in [0.05, 0.1) is 0 Å². The van der Waals surface area contributed by atoms with Gasteiger partial charge in [-0.1, -0.05) is 150 Å². The van der Waals surface area contributed by atoms with Crippen LogP contribution in [-0.2, 0) is 0 Å². The van der Waals surface area contributed by atoms with Crippen LogP contribution < -0.4 is 42.6 Å². The largest absolute Gasteiger partial charge is 0.311 e. The minimum Gasteiger partial charge on any atom is -0.311 e. The fraction of sp³-hybridized carbons (Fsp3) is 0. The summed E-state index contributed by atoms with van der Waals surface area (Å²) in [4.78, 5) is 5.08. The Balaban J connectivity index is 1.30. The van der Waals surface area contributed by atoms with Crippen molar-refractivity contribution in [2.24, 2.45) is 0 Å². The lowest BCUT2D eigenvalue weighted by Gasteiger charge is -2.47. The number of hydrogen-bond donors (Lipinski definition) is 0. The minimum atomic E-state index is 0.0852. The second kappa shape index (κ2) is 10.4. The maximum absolute atomic E-state index is 2.54. The van der Waals surface area contributed by atoms with Crippen LogP contribution in [0.2, 0.25) is 0 Å². The molecule has 246 valence electrons. The SMILES string of the molecule is c1ccc(-c2c3cccc4c3c3c5c(cccc25)B2c5ccccc5N(c5ccccc5)c5cc6c(c-3c52)B4c2ccccc2N6c2ccccc2)cc1. The lowest BCUT2D eigenvalue weighted by atomic mass is 9.26. The van der Waals surface area contributed by atoms with Gasteiger partial charge in [-0.05, 0) is 108 Å². The summed E-state index contributed by atoms with van der Waals surface area (Å²) in [6, 6.07) is 68.1. The predicted octanol–water partition coefficient (Wildman–Crippen LogP) is 8.55. The van der Waals surface area contributed by atoms with Crippen LogP contribution in [0.4, 0.5) is 34.1 Å². The number of para-hydroxylation sites is 4. The molecule has 9 aromatic rings. The van der Waals surface area contributed by atoms with E-state index in [0.717, 1.165) is 0 Å². The smallest absolute Gasteiger partial charge is 0.248 e. The molecule has 0 aromatic heterocycles. The molecule has 0 spiro atoms. The van der Waals surface area contributed by atoms with E-state index in [1.165, 1.54) is 111 Å². The Hall–Kier alpha value is -6.77. The molecule has 0 unspecified atom stereocenters. The number of hydrogen-bond acceptors (Lipinski definition) is 2. The van der Waals surface area contributed by atoms with Crippen molar-refractivity contribution in [2.75, 3.05) is 9.80 Å². The van der Waals surface area contributed by atoms with Gasteiger partial charge in [-0.25, -0.2) is 0 Å². The highest BCUT2D eigenvalue weighted by molar-refractivity contribution is 7.05. The van der Waals surface area contributed by atoms with Crippen molar-refractivity contribution in [1.29, 1.82) is 0 Å². The molecule has 0 radical (unpaired) electrons. The summed E-state index contributed by atoms with van der Waals surface area (Å²) in [6.07, 6.45) is 0. The molecular weight excluding hydrogens is 650 g/mol. The number of rotatable bonds is 3. The highest BCUT2D eigenvalue weighted by Gasteiger charge is 2.49. The molecule has 2 nitrogen and oxygen atoms in total. The molecular formula is C50H30B2N2. The van der Waals surface area contributed by atoms with Crippen LogP contribution in [0.25, 0.3) is 43.8 Å². The van der Waals surface area contributed by atoms with Gasteiger partial charge in [-0.3, -0.25) is 0 Å². The highest BCUT2D eigenvalue weighted by Crippen LogP contribution is 2.51. The Labute approximate surface area is 314 Å². The van der Waals surface area contributed by atoms with Gasteiger partial charge in [0.2, 0.25) is 13.4 Å².